The van der Waals surface area contributed by atoms with Gasteiger partial charge in [-0.05, 0) is 18.2 Å². The van der Waals surface area contributed by atoms with Gasteiger partial charge in [0.25, 0.3) is 0 Å². The van der Waals surface area contributed by atoms with E-state index in [4.69, 9.17) is 0 Å². The molecule has 0 radical (unpaired) electrons. The van der Waals surface area contributed by atoms with Crippen molar-refractivity contribution in [2.24, 2.45) is 0 Å². The van der Waals surface area contributed by atoms with Crippen molar-refractivity contribution in [3.8, 4) is 0 Å². The molecule has 2 N–H and O–H groups in total. The molecule has 0 saturated carbocycles. The minimum atomic E-state index is -0.230. The second-order valence-electron chi connectivity index (χ2n) is 2.19. The van der Waals surface area contributed by atoms with Crippen molar-refractivity contribution < 1.29 is 4.39 Å². The molecule has 0 aliphatic heterocycles. The Morgan fingerprint density at radius 1 is 1.18 bits per heavy atom. The number of nitrogens with one attached hydrogen (secondary N) is 2. The van der Waals surface area contributed by atoms with Gasteiger partial charge in [-0.3, -0.25) is 0 Å². The summed E-state index contributed by atoms with van der Waals surface area (Å²) in [5, 5.41) is 5.68. The highest BCUT2D eigenvalue weighted by Gasteiger charge is 1.98. The minimum Gasteiger partial charge on any atom is -0.388 e. The second-order valence-corrected chi connectivity index (χ2v) is 2.19. The molecule has 0 spiro atoms. The van der Waals surface area contributed by atoms with Gasteiger partial charge in [-0.25, -0.2) is 4.39 Å². The van der Waals surface area contributed by atoms with Gasteiger partial charge in [0.2, 0.25) is 0 Å². The van der Waals surface area contributed by atoms with Crippen molar-refractivity contribution >= 4 is 11.4 Å². The van der Waals surface area contributed by atoms with Crippen LogP contribution >= 0.6 is 0 Å². The lowest BCUT2D eigenvalue weighted by atomic mass is 10.2. The lowest BCUT2D eigenvalue weighted by Gasteiger charge is -2.04. The summed E-state index contributed by atoms with van der Waals surface area (Å²) in [5.74, 6) is -0.230. The molecule has 0 amide bonds. The van der Waals surface area contributed by atoms with Gasteiger partial charge in [-0.15, -0.1) is 0 Å². The molecule has 0 aliphatic rings. The van der Waals surface area contributed by atoms with Crippen LogP contribution < -0.4 is 10.6 Å². The monoisotopic (exact) mass is 154 g/mol. The van der Waals surface area contributed by atoms with E-state index < -0.39 is 0 Å². The third-order valence-corrected chi connectivity index (χ3v) is 1.52. The molecule has 1 aromatic carbocycles. The zero-order valence-electron chi connectivity index (χ0n) is 6.61. The fourth-order valence-electron chi connectivity index (χ4n) is 0.872. The van der Waals surface area contributed by atoms with Crippen molar-refractivity contribution in [1.82, 2.24) is 0 Å². The largest absolute Gasteiger partial charge is 0.388 e. The summed E-state index contributed by atoms with van der Waals surface area (Å²) in [6.45, 7) is 0. The van der Waals surface area contributed by atoms with Gasteiger partial charge in [0.1, 0.15) is 5.82 Å². The first-order valence-electron chi connectivity index (χ1n) is 3.43. The first-order valence-corrected chi connectivity index (χ1v) is 3.43. The molecule has 3 heteroatoms. The SMILES string of the molecule is CNc1ccc(F)c(NC)c1. The molecule has 1 rings (SSSR count). The molecular formula is C8H11FN2. The van der Waals surface area contributed by atoms with Crippen molar-refractivity contribution in [3.05, 3.63) is 24.0 Å². The van der Waals surface area contributed by atoms with Crippen LogP contribution in [0, 0.1) is 5.82 Å². The van der Waals surface area contributed by atoms with E-state index in [9.17, 15) is 4.39 Å². The average molecular weight is 154 g/mol. The Labute approximate surface area is 65.4 Å². The minimum absolute atomic E-state index is 0.230. The number of anilines is 2. The van der Waals surface area contributed by atoms with Gasteiger partial charge in [0.05, 0.1) is 5.69 Å². The van der Waals surface area contributed by atoms with Gasteiger partial charge in [-0.2, -0.15) is 0 Å². The number of hydrogen-bond acceptors (Lipinski definition) is 2. The molecule has 0 atom stereocenters. The number of halogens is 1. The molecule has 0 heterocycles. The molecule has 0 saturated heterocycles. The van der Waals surface area contributed by atoms with E-state index in [1.54, 1.807) is 26.2 Å². The third-order valence-electron chi connectivity index (χ3n) is 1.52. The third kappa shape index (κ3) is 1.61. The summed E-state index contributed by atoms with van der Waals surface area (Å²) < 4.78 is 12.8. The predicted octanol–water partition coefficient (Wildman–Crippen LogP) is 1.91. The van der Waals surface area contributed by atoms with Crippen LogP contribution in [-0.4, -0.2) is 14.1 Å². The molecule has 2 nitrogen and oxygen atoms in total. The smallest absolute Gasteiger partial charge is 0.146 e. The van der Waals surface area contributed by atoms with E-state index in [0.717, 1.165) is 5.69 Å². The Kier molecular flexibility index (Phi) is 2.31. The van der Waals surface area contributed by atoms with E-state index in [2.05, 4.69) is 10.6 Å². The zero-order valence-corrected chi connectivity index (χ0v) is 6.61. The quantitative estimate of drug-likeness (QED) is 0.680. The zero-order chi connectivity index (χ0) is 8.27. The van der Waals surface area contributed by atoms with Crippen LogP contribution in [0.4, 0.5) is 15.8 Å². The molecule has 0 fully saturated rings. The van der Waals surface area contributed by atoms with E-state index in [1.165, 1.54) is 6.07 Å². The highest BCUT2D eigenvalue weighted by molar-refractivity contribution is 5.56. The van der Waals surface area contributed by atoms with Crippen molar-refractivity contribution in [2.75, 3.05) is 24.7 Å². The highest BCUT2D eigenvalue weighted by atomic mass is 19.1. The molecule has 1 aromatic rings. The molecule has 0 aromatic heterocycles. The normalized spacial score (nSPS) is 9.36. The van der Waals surface area contributed by atoms with Crippen molar-refractivity contribution in [1.29, 1.82) is 0 Å². The molecule has 0 aliphatic carbocycles. The Balaban J connectivity index is 3.02. The summed E-state index contributed by atoms with van der Waals surface area (Å²) >= 11 is 0. The van der Waals surface area contributed by atoms with E-state index in [1.807, 2.05) is 0 Å². The Bertz CT molecular complexity index is 248. The van der Waals surface area contributed by atoms with Gasteiger partial charge >= 0.3 is 0 Å². The van der Waals surface area contributed by atoms with E-state index >= 15 is 0 Å². The van der Waals surface area contributed by atoms with Crippen LogP contribution in [0.25, 0.3) is 0 Å². The summed E-state index contributed by atoms with van der Waals surface area (Å²) in [4.78, 5) is 0. The summed E-state index contributed by atoms with van der Waals surface area (Å²) in [7, 11) is 3.49. The summed E-state index contributed by atoms with van der Waals surface area (Å²) in [6, 6.07) is 4.84. The maximum Gasteiger partial charge on any atom is 0.146 e. The van der Waals surface area contributed by atoms with Crippen LogP contribution in [0.3, 0.4) is 0 Å². The van der Waals surface area contributed by atoms with E-state index in [0.29, 0.717) is 5.69 Å². The van der Waals surface area contributed by atoms with Crippen LogP contribution in [0.2, 0.25) is 0 Å². The van der Waals surface area contributed by atoms with Gasteiger partial charge in [-0.1, -0.05) is 0 Å². The average Bonchev–Trinajstić information content (AvgIpc) is 2.05. The topological polar surface area (TPSA) is 24.1 Å². The van der Waals surface area contributed by atoms with E-state index in [-0.39, 0.29) is 5.82 Å². The second kappa shape index (κ2) is 3.23. The van der Waals surface area contributed by atoms with Crippen molar-refractivity contribution in [3.63, 3.8) is 0 Å². The molecule has 60 valence electrons. The predicted molar refractivity (Wildman–Crippen MR) is 45.5 cm³/mol. The maximum atomic E-state index is 12.8. The fourth-order valence-corrected chi connectivity index (χ4v) is 0.872. The van der Waals surface area contributed by atoms with Crippen LogP contribution in [0.5, 0.6) is 0 Å². The highest BCUT2D eigenvalue weighted by Crippen LogP contribution is 2.17. The number of hydrogen-bond donors (Lipinski definition) is 2. The molecule has 11 heavy (non-hydrogen) atoms. The lowest BCUT2D eigenvalue weighted by molar-refractivity contribution is 0.631. The Hall–Kier alpha value is -1.25. The first-order chi connectivity index (χ1) is 5.27. The van der Waals surface area contributed by atoms with Crippen LogP contribution in [-0.2, 0) is 0 Å². The van der Waals surface area contributed by atoms with Crippen molar-refractivity contribution in [2.45, 2.75) is 0 Å². The Morgan fingerprint density at radius 2 is 1.91 bits per heavy atom. The molecule has 0 unspecified atom stereocenters. The Morgan fingerprint density at radius 3 is 2.45 bits per heavy atom. The summed E-state index contributed by atoms with van der Waals surface area (Å²) in [5.41, 5.74) is 1.41. The molecular weight excluding hydrogens is 143 g/mol. The number of benzene rings is 1. The van der Waals surface area contributed by atoms with Gasteiger partial charge < -0.3 is 10.6 Å². The van der Waals surface area contributed by atoms with Gasteiger partial charge in [0.15, 0.2) is 0 Å². The lowest BCUT2D eigenvalue weighted by Crippen LogP contribution is -1.94. The maximum absolute atomic E-state index is 12.8. The standard InChI is InChI=1S/C8H11FN2/c1-10-6-3-4-7(9)8(5-6)11-2/h3-5,10-11H,1-2H3. The van der Waals surface area contributed by atoms with Crippen LogP contribution in [0.15, 0.2) is 18.2 Å². The fraction of sp³-hybridized carbons (Fsp3) is 0.250. The summed E-state index contributed by atoms with van der Waals surface area (Å²) in [6.07, 6.45) is 0. The number of rotatable bonds is 2. The van der Waals surface area contributed by atoms with Gasteiger partial charge in [0, 0.05) is 19.8 Å². The van der Waals surface area contributed by atoms with Crippen LogP contribution in [0.1, 0.15) is 0 Å². The molecule has 0 bridgehead atoms. The first kappa shape index (κ1) is 7.85.